The lowest BCUT2D eigenvalue weighted by Crippen LogP contribution is -1.84. The smallest absolute Gasteiger partial charge is 0.230 e. The van der Waals surface area contributed by atoms with Crippen molar-refractivity contribution >= 4 is 5.88 Å². The van der Waals surface area contributed by atoms with Gasteiger partial charge in [-0.05, 0) is 37.1 Å². The van der Waals surface area contributed by atoms with Gasteiger partial charge in [0.1, 0.15) is 6.07 Å². The molecule has 0 radical (unpaired) electrons. The Morgan fingerprint density at radius 3 is 2.62 bits per heavy atom. The second-order valence-corrected chi connectivity index (χ2v) is 3.64. The highest BCUT2D eigenvalue weighted by Gasteiger charge is 2.11. The average Bonchev–Trinajstić information content (AvgIpc) is 2.64. The topological polar surface area (TPSA) is 75.8 Å². The Labute approximate surface area is 93.3 Å². The van der Waals surface area contributed by atoms with Crippen molar-refractivity contribution in [2.24, 2.45) is 0 Å². The summed E-state index contributed by atoms with van der Waals surface area (Å²) in [6.45, 7) is 4.04. The van der Waals surface area contributed by atoms with Crippen molar-refractivity contribution in [1.82, 2.24) is 4.98 Å². The van der Waals surface area contributed by atoms with E-state index in [4.69, 9.17) is 15.4 Å². The third-order valence-electron chi connectivity index (χ3n) is 2.51. The number of oxazole rings is 1. The van der Waals surface area contributed by atoms with Crippen LogP contribution in [0.3, 0.4) is 0 Å². The zero-order valence-electron chi connectivity index (χ0n) is 9.11. The molecule has 0 atom stereocenters. The molecule has 0 aliphatic carbocycles. The van der Waals surface area contributed by atoms with E-state index in [2.05, 4.69) is 4.98 Å². The lowest BCUT2D eigenvalue weighted by Gasteiger charge is -2.00. The zero-order chi connectivity index (χ0) is 11.7. The third-order valence-corrected chi connectivity index (χ3v) is 2.51. The molecule has 80 valence electrons. The number of aryl methyl sites for hydroxylation is 2. The van der Waals surface area contributed by atoms with Gasteiger partial charge in [0.05, 0.1) is 0 Å². The standard InChI is InChI=1S/C12H11N3O/c1-7-3-4-9(5-8(7)2)12-15-10(6-13)11(14)16-12/h3-5H,14H2,1-2H3. The van der Waals surface area contributed by atoms with E-state index in [9.17, 15) is 0 Å². The molecule has 0 aliphatic heterocycles. The summed E-state index contributed by atoms with van der Waals surface area (Å²) < 4.78 is 5.23. The fraction of sp³-hybridized carbons (Fsp3) is 0.167. The first-order valence-corrected chi connectivity index (χ1v) is 4.86. The molecule has 4 heteroatoms. The second kappa shape index (κ2) is 3.70. The Kier molecular flexibility index (Phi) is 2.37. The van der Waals surface area contributed by atoms with Crippen molar-refractivity contribution in [1.29, 1.82) is 5.26 Å². The van der Waals surface area contributed by atoms with E-state index in [1.807, 2.05) is 38.1 Å². The molecule has 0 spiro atoms. The van der Waals surface area contributed by atoms with Crippen LogP contribution in [0.5, 0.6) is 0 Å². The highest BCUT2D eigenvalue weighted by molar-refractivity contribution is 5.59. The number of aromatic nitrogens is 1. The zero-order valence-corrected chi connectivity index (χ0v) is 9.11. The molecule has 1 heterocycles. The number of hydrogen-bond acceptors (Lipinski definition) is 4. The van der Waals surface area contributed by atoms with Crippen LogP contribution in [0.1, 0.15) is 16.8 Å². The molecule has 2 N–H and O–H groups in total. The van der Waals surface area contributed by atoms with E-state index < -0.39 is 0 Å². The van der Waals surface area contributed by atoms with Crippen molar-refractivity contribution in [3.63, 3.8) is 0 Å². The van der Waals surface area contributed by atoms with E-state index in [1.54, 1.807) is 0 Å². The summed E-state index contributed by atoms with van der Waals surface area (Å²) in [7, 11) is 0. The van der Waals surface area contributed by atoms with Gasteiger partial charge < -0.3 is 10.2 Å². The van der Waals surface area contributed by atoms with Crippen molar-refractivity contribution in [3.05, 3.63) is 35.0 Å². The molecule has 0 saturated carbocycles. The van der Waals surface area contributed by atoms with Gasteiger partial charge in [0.25, 0.3) is 0 Å². The number of hydrogen-bond donors (Lipinski definition) is 1. The summed E-state index contributed by atoms with van der Waals surface area (Å²) in [6, 6.07) is 7.72. The SMILES string of the molecule is Cc1ccc(-c2nc(C#N)c(N)o2)cc1C. The number of nitriles is 1. The van der Waals surface area contributed by atoms with Gasteiger partial charge in [-0.1, -0.05) is 6.07 Å². The van der Waals surface area contributed by atoms with E-state index in [0.717, 1.165) is 11.1 Å². The molecule has 2 aromatic rings. The van der Waals surface area contributed by atoms with Crippen molar-refractivity contribution < 1.29 is 4.42 Å². The largest absolute Gasteiger partial charge is 0.419 e. The Morgan fingerprint density at radius 1 is 1.31 bits per heavy atom. The predicted octanol–water partition coefficient (Wildman–Crippen LogP) is 2.41. The molecule has 16 heavy (non-hydrogen) atoms. The van der Waals surface area contributed by atoms with Gasteiger partial charge in [-0.3, -0.25) is 0 Å². The first-order valence-electron chi connectivity index (χ1n) is 4.86. The lowest BCUT2D eigenvalue weighted by atomic mass is 10.1. The maximum Gasteiger partial charge on any atom is 0.230 e. The molecule has 2 rings (SSSR count). The normalized spacial score (nSPS) is 10.1. The first-order chi connectivity index (χ1) is 7.61. The average molecular weight is 213 g/mol. The van der Waals surface area contributed by atoms with Gasteiger partial charge in [-0.15, -0.1) is 0 Å². The number of nitrogens with two attached hydrogens (primary N) is 1. The Bertz CT molecular complexity index is 578. The van der Waals surface area contributed by atoms with Crippen molar-refractivity contribution in [3.8, 4) is 17.5 Å². The molecule has 0 saturated heterocycles. The van der Waals surface area contributed by atoms with Crippen LogP contribution in [-0.2, 0) is 0 Å². The molecule has 0 unspecified atom stereocenters. The Morgan fingerprint density at radius 2 is 2.06 bits per heavy atom. The van der Waals surface area contributed by atoms with Crippen LogP contribution >= 0.6 is 0 Å². The Balaban J connectivity index is 2.51. The number of nitrogen functional groups attached to an aromatic ring is 1. The molecular weight excluding hydrogens is 202 g/mol. The third kappa shape index (κ3) is 1.63. The number of rotatable bonds is 1. The van der Waals surface area contributed by atoms with Crippen LogP contribution in [0.2, 0.25) is 0 Å². The Hall–Kier alpha value is -2.28. The van der Waals surface area contributed by atoms with E-state index in [0.29, 0.717) is 5.89 Å². The lowest BCUT2D eigenvalue weighted by molar-refractivity contribution is 0.593. The van der Waals surface area contributed by atoms with Gasteiger partial charge in [0, 0.05) is 5.56 Å². The highest BCUT2D eigenvalue weighted by Crippen LogP contribution is 2.24. The summed E-state index contributed by atoms with van der Waals surface area (Å²) in [4.78, 5) is 4.02. The maximum atomic E-state index is 8.72. The molecule has 1 aromatic heterocycles. The number of anilines is 1. The molecule has 0 bridgehead atoms. The van der Waals surface area contributed by atoms with Crippen LogP contribution in [0.25, 0.3) is 11.5 Å². The number of benzene rings is 1. The number of nitrogens with zero attached hydrogens (tertiary/aromatic N) is 2. The minimum absolute atomic E-state index is 0.0655. The molecular formula is C12H11N3O. The van der Waals surface area contributed by atoms with E-state index in [1.165, 1.54) is 5.56 Å². The molecule has 0 amide bonds. The second-order valence-electron chi connectivity index (χ2n) is 3.64. The van der Waals surface area contributed by atoms with Crippen LogP contribution in [-0.4, -0.2) is 4.98 Å². The summed E-state index contributed by atoms with van der Waals surface area (Å²) in [5, 5.41) is 8.72. The summed E-state index contributed by atoms with van der Waals surface area (Å²) in [6.07, 6.45) is 0. The summed E-state index contributed by atoms with van der Waals surface area (Å²) >= 11 is 0. The van der Waals surface area contributed by atoms with Crippen LogP contribution in [0, 0.1) is 25.2 Å². The minimum atomic E-state index is 0.0655. The molecule has 4 nitrogen and oxygen atoms in total. The van der Waals surface area contributed by atoms with Crippen molar-refractivity contribution in [2.45, 2.75) is 13.8 Å². The van der Waals surface area contributed by atoms with Crippen LogP contribution in [0.4, 0.5) is 5.88 Å². The first kappa shape index (κ1) is 10.2. The molecule has 0 fully saturated rings. The van der Waals surface area contributed by atoms with Gasteiger partial charge in [-0.2, -0.15) is 10.2 Å². The quantitative estimate of drug-likeness (QED) is 0.789. The van der Waals surface area contributed by atoms with Crippen LogP contribution < -0.4 is 5.73 Å². The van der Waals surface area contributed by atoms with Crippen molar-refractivity contribution in [2.75, 3.05) is 5.73 Å². The van der Waals surface area contributed by atoms with Gasteiger partial charge >= 0.3 is 0 Å². The van der Waals surface area contributed by atoms with E-state index in [-0.39, 0.29) is 11.6 Å². The van der Waals surface area contributed by atoms with Gasteiger partial charge in [0.15, 0.2) is 0 Å². The predicted molar refractivity (Wildman–Crippen MR) is 60.5 cm³/mol. The highest BCUT2D eigenvalue weighted by atomic mass is 16.4. The molecule has 0 aliphatic rings. The maximum absolute atomic E-state index is 8.72. The summed E-state index contributed by atoms with van der Waals surface area (Å²) in [5.74, 6) is 0.452. The monoisotopic (exact) mass is 213 g/mol. The van der Waals surface area contributed by atoms with Gasteiger partial charge in [0.2, 0.25) is 17.5 Å². The minimum Gasteiger partial charge on any atom is -0.419 e. The van der Waals surface area contributed by atoms with Crippen LogP contribution in [0.15, 0.2) is 22.6 Å². The molecule has 1 aromatic carbocycles. The summed E-state index contributed by atoms with van der Waals surface area (Å²) in [5.41, 5.74) is 8.81. The van der Waals surface area contributed by atoms with E-state index >= 15 is 0 Å². The fourth-order valence-electron chi connectivity index (χ4n) is 1.41. The fourth-order valence-corrected chi connectivity index (χ4v) is 1.41. The van der Waals surface area contributed by atoms with Gasteiger partial charge in [-0.25, -0.2) is 0 Å².